The van der Waals surface area contributed by atoms with Crippen molar-refractivity contribution < 1.29 is 13.2 Å². The molecule has 0 atom stereocenters. The summed E-state index contributed by atoms with van der Waals surface area (Å²) in [5.74, 6) is -0.0586. The Hall–Kier alpha value is -2.24. The molecule has 0 aromatic heterocycles. The zero-order valence-corrected chi connectivity index (χ0v) is 12.3. The van der Waals surface area contributed by atoms with E-state index in [1.54, 1.807) is 18.2 Å². The summed E-state index contributed by atoms with van der Waals surface area (Å²) >= 11 is 0. The molecule has 0 radical (unpaired) electrons. The van der Waals surface area contributed by atoms with Gasteiger partial charge in [-0.2, -0.15) is 0 Å². The van der Waals surface area contributed by atoms with Gasteiger partial charge in [0.1, 0.15) is 0 Å². The predicted molar refractivity (Wildman–Crippen MR) is 82.8 cm³/mol. The third kappa shape index (κ3) is 3.87. The molecule has 0 fully saturated rings. The molecule has 0 saturated heterocycles. The van der Waals surface area contributed by atoms with Crippen molar-refractivity contribution in [2.75, 3.05) is 0 Å². The summed E-state index contributed by atoms with van der Waals surface area (Å²) in [7, 11) is -3.70. The van der Waals surface area contributed by atoms with Crippen LogP contribution in [0.15, 0.2) is 59.5 Å². The number of carbonyl (C=O) groups is 1. The molecule has 4 nitrogen and oxygen atoms in total. The van der Waals surface area contributed by atoms with Gasteiger partial charge in [-0.25, -0.2) is 13.6 Å². The lowest BCUT2D eigenvalue weighted by Gasteiger charge is -2.05. The molecule has 0 heterocycles. The fourth-order valence-electron chi connectivity index (χ4n) is 1.93. The van der Waals surface area contributed by atoms with Gasteiger partial charge in [-0.05, 0) is 36.3 Å². The topological polar surface area (TPSA) is 77.2 Å². The van der Waals surface area contributed by atoms with Crippen LogP contribution in [0, 0.1) is 0 Å². The van der Waals surface area contributed by atoms with E-state index in [9.17, 15) is 13.2 Å². The van der Waals surface area contributed by atoms with Crippen molar-refractivity contribution in [3.63, 3.8) is 0 Å². The zero-order valence-electron chi connectivity index (χ0n) is 11.5. The smallest absolute Gasteiger partial charge is 0.238 e. The number of benzene rings is 2. The third-order valence-corrected chi connectivity index (χ3v) is 3.91. The highest BCUT2D eigenvalue weighted by Crippen LogP contribution is 2.20. The first kappa shape index (κ1) is 15.2. The minimum absolute atomic E-state index is 0.0451. The minimum atomic E-state index is -3.70. The van der Waals surface area contributed by atoms with Gasteiger partial charge >= 0.3 is 0 Å². The molecule has 0 aliphatic heterocycles. The van der Waals surface area contributed by atoms with Gasteiger partial charge in [0, 0.05) is 5.57 Å². The first-order valence-corrected chi connectivity index (χ1v) is 7.83. The summed E-state index contributed by atoms with van der Waals surface area (Å²) in [6.45, 7) is 1.50. The van der Waals surface area contributed by atoms with Crippen LogP contribution >= 0.6 is 0 Å². The van der Waals surface area contributed by atoms with Crippen LogP contribution in [0.25, 0.3) is 11.6 Å². The highest BCUT2D eigenvalue weighted by molar-refractivity contribution is 7.89. The van der Waals surface area contributed by atoms with Crippen LogP contribution in [0.4, 0.5) is 0 Å². The summed E-state index contributed by atoms with van der Waals surface area (Å²) < 4.78 is 22.4. The summed E-state index contributed by atoms with van der Waals surface area (Å²) in [6.07, 6.45) is 1.73. The number of hydrogen-bond acceptors (Lipinski definition) is 3. The molecule has 2 rings (SSSR count). The van der Waals surface area contributed by atoms with E-state index in [4.69, 9.17) is 5.14 Å². The van der Waals surface area contributed by atoms with Crippen molar-refractivity contribution in [3.8, 4) is 0 Å². The fraction of sp³-hybridized carbons (Fsp3) is 0.0625. The first-order valence-electron chi connectivity index (χ1n) is 6.29. The Morgan fingerprint density at radius 1 is 1.00 bits per heavy atom. The number of rotatable bonds is 4. The Morgan fingerprint density at radius 2 is 1.57 bits per heavy atom. The second-order valence-electron chi connectivity index (χ2n) is 4.59. The van der Waals surface area contributed by atoms with Gasteiger partial charge in [0.25, 0.3) is 0 Å². The summed E-state index contributed by atoms with van der Waals surface area (Å²) in [6, 6.07) is 15.4. The van der Waals surface area contributed by atoms with Crippen molar-refractivity contribution in [2.24, 2.45) is 5.14 Å². The molecule has 2 aromatic carbocycles. The molecule has 0 spiro atoms. The fourth-order valence-corrected chi connectivity index (χ4v) is 2.44. The Kier molecular flexibility index (Phi) is 4.35. The van der Waals surface area contributed by atoms with E-state index in [-0.39, 0.29) is 10.7 Å². The third-order valence-electron chi connectivity index (χ3n) is 2.98. The maximum atomic E-state index is 11.8. The number of carbonyl (C=O) groups excluding carboxylic acids is 1. The van der Waals surface area contributed by atoms with Crippen LogP contribution in [0.3, 0.4) is 0 Å². The van der Waals surface area contributed by atoms with Crippen LogP contribution in [-0.2, 0) is 14.8 Å². The number of primary sulfonamides is 1. The summed E-state index contributed by atoms with van der Waals surface area (Å²) in [5.41, 5.74) is 2.12. The number of sulfonamides is 1. The molecule has 0 amide bonds. The van der Waals surface area contributed by atoms with E-state index < -0.39 is 10.0 Å². The van der Waals surface area contributed by atoms with E-state index >= 15 is 0 Å². The van der Waals surface area contributed by atoms with Crippen molar-refractivity contribution in [1.29, 1.82) is 0 Å². The van der Waals surface area contributed by atoms with Crippen LogP contribution in [0.2, 0.25) is 0 Å². The van der Waals surface area contributed by atoms with Gasteiger partial charge < -0.3 is 0 Å². The van der Waals surface area contributed by atoms with Crippen molar-refractivity contribution >= 4 is 27.5 Å². The Morgan fingerprint density at radius 3 is 2.05 bits per heavy atom. The monoisotopic (exact) mass is 301 g/mol. The number of ketones is 1. The number of allylic oxidation sites excluding steroid dienone is 1. The van der Waals surface area contributed by atoms with E-state index in [0.717, 1.165) is 11.1 Å². The van der Waals surface area contributed by atoms with Crippen molar-refractivity contribution in [1.82, 2.24) is 0 Å². The average Bonchev–Trinajstić information content (AvgIpc) is 2.45. The molecule has 0 bridgehead atoms. The molecule has 5 heteroatoms. The number of hydrogen-bond donors (Lipinski definition) is 1. The SMILES string of the molecule is CC(=O)/C(=C/c1ccc(S(N)(=O)=O)cc1)c1ccccc1. The quantitative estimate of drug-likeness (QED) is 0.696. The van der Waals surface area contributed by atoms with Crippen LogP contribution in [-0.4, -0.2) is 14.2 Å². The molecule has 2 N–H and O–H groups in total. The molecule has 0 saturated carbocycles. The van der Waals surface area contributed by atoms with Gasteiger partial charge in [-0.3, -0.25) is 4.79 Å². The lowest BCUT2D eigenvalue weighted by atomic mass is 10.00. The molecule has 21 heavy (non-hydrogen) atoms. The lowest BCUT2D eigenvalue weighted by Crippen LogP contribution is -2.11. The lowest BCUT2D eigenvalue weighted by molar-refractivity contribution is -0.111. The van der Waals surface area contributed by atoms with E-state index in [0.29, 0.717) is 5.57 Å². The van der Waals surface area contributed by atoms with Crippen molar-refractivity contribution in [2.45, 2.75) is 11.8 Å². The Bertz CT molecular complexity index is 776. The standard InChI is InChI=1S/C16H15NO3S/c1-12(18)16(14-5-3-2-4-6-14)11-13-7-9-15(10-8-13)21(17,19)20/h2-11H,1H3,(H2,17,19,20)/b16-11-. The highest BCUT2D eigenvalue weighted by atomic mass is 32.2. The summed E-state index contributed by atoms with van der Waals surface area (Å²) in [5, 5.41) is 5.05. The average molecular weight is 301 g/mol. The normalized spacial score (nSPS) is 12.2. The van der Waals surface area contributed by atoms with Gasteiger partial charge in [0.2, 0.25) is 10.0 Å². The summed E-state index contributed by atoms with van der Waals surface area (Å²) in [4.78, 5) is 11.8. The van der Waals surface area contributed by atoms with Gasteiger partial charge in [-0.15, -0.1) is 0 Å². The van der Waals surface area contributed by atoms with Gasteiger partial charge in [-0.1, -0.05) is 42.5 Å². The molecular formula is C16H15NO3S. The second-order valence-corrected chi connectivity index (χ2v) is 6.16. The maximum Gasteiger partial charge on any atom is 0.238 e. The van der Waals surface area contributed by atoms with Crippen LogP contribution < -0.4 is 5.14 Å². The molecule has 108 valence electrons. The number of Topliss-reactive ketones (excluding diaryl/α,β-unsaturated/α-hetero) is 1. The maximum absolute atomic E-state index is 11.8. The molecule has 0 aliphatic carbocycles. The largest absolute Gasteiger partial charge is 0.294 e. The van der Waals surface area contributed by atoms with E-state index in [1.807, 2.05) is 30.3 Å². The predicted octanol–water partition coefficient (Wildman–Crippen LogP) is 2.46. The van der Waals surface area contributed by atoms with Crippen LogP contribution in [0.1, 0.15) is 18.1 Å². The van der Waals surface area contributed by atoms with E-state index in [2.05, 4.69) is 0 Å². The van der Waals surface area contributed by atoms with Crippen molar-refractivity contribution in [3.05, 3.63) is 65.7 Å². The first-order chi connectivity index (χ1) is 9.88. The molecule has 0 unspecified atom stereocenters. The Balaban J connectivity index is 2.42. The number of nitrogens with two attached hydrogens (primary N) is 1. The molecule has 0 aliphatic rings. The van der Waals surface area contributed by atoms with E-state index in [1.165, 1.54) is 19.1 Å². The molecule has 2 aromatic rings. The second kappa shape index (κ2) is 6.03. The van der Waals surface area contributed by atoms with Gasteiger partial charge in [0.15, 0.2) is 5.78 Å². The zero-order chi connectivity index (χ0) is 15.5. The Labute approximate surface area is 124 Å². The van der Waals surface area contributed by atoms with Crippen LogP contribution in [0.5, 0.6) is 0 Å². The highest BCUT2D eigenvalue weighted by Gasteiger charge is 2.09. The van der Waals surface area contributed by atoms with Gasteiger partial charge in [0.05, 0.1) is 4.90 Å². The minimum Gasteiger partial charge on any atom is -0.294 e. The molecular weight excluding hydrogens is 286 g/mol.